The molecule has 0 fully saturated rings. The molecule has 3 rings (SSSR count). The molecular formula is C23H25Cl2N3O2. The fraction of sp³-hybridized carbons (Fsp3) is 0.348. The van der Waals surface area contributed by atoms with Gasteiger partial charge in [-0.15, -0.1) is 0 Å². The number of aryl methyl sites for hydroxylation is 1. The summed E-state index contributed by atoms with van der Waals surface area (Å²) >= 11 is 12.1. The molecule has 158 valence electrons. The van der Waals surface area contributed by atoms with Gasteiger partial charge in [0.25, 0.3) is 5.91 Å². The third kappa shape index (κ3) is 4.85. The van der Waals surface area contributed by atoms with E-state index in [0.717, 1.165) is 22.5 Å². The Balaban J connectivity index is 1.82. The molecule has 0 radical (unpaired) electrons. The Kier molecular flexibility index (Phi) is 6.53. The molecule has 2 aromatic carbocycles. The van der Waals surface area contributed by atoms with E-state index in [4.69, 9.17) is 28.2 Å². The van der Waals surface area contributed by atoms with E-state index in [1.165, 1.54) is 0 Å². The third-order valence-electron chi connectivity index (χ3n) is 4.99. The summed E-state index contributed by atoms with van der Waals surface area (Å²) in [7, 11) is 1.70. The van der Waals surface area contributed by atoms with Gasteiger partial charge < -0.3 is 10.2 Å². The molecule has 2 aromatic rings. The van der Waals surface area contributed by atoms with Crippen molar-refractivity contribution in [3.8, 4) is 0 Å². The Labute approximate surface area is 187 Å². The van der Waals surface area contributed by atoms with Gasteiger partial charge in [0.2, 0.25) is 12.1 Å². The van der Waals surface area contributed by atoms with Gasteiger partial charge in [-0.2, -0.15) is 0 Å². The molecule has 0 aromatic heterocycles. The van der Waals surface area contributed by atoms with Crippen LogP contribution in [0.3, 0.4) is 0 Å². The van der Waals surface area contributed by atoms with Gasteiger partial charge in [0, 0.05) is 34.5 Å². The predicted molar refractivity (Wildman–Crippen MR) is 123 cm³/mol. The van der Waals surface area contributed by atoms with Crippen LogP contribution in [0.5, 0.6) is 0 Å². The van der Waals surface area contributed by atoms with Crippen molar-refractivity contribution in [3.05, 3.63) is 63.6 Å². The number of benzodiazepines with no additional fused rings is 1. The smallest absolute Gasteiger partial charge is 0.272 e. The summed E-state index contributed by atoms with van der Waals surface area (Å²) in [5.74, 6) is -0.546. The lowest BCUT2D eigenvalue weighted by atomic mass is 9.85. The minimum atomic E-state index is -0.982. The fourth-order valence-corrected chi connectivity index (χ4v) is 3.91. The quantitative estimate of drug-likeness (QED) is 0.728. The molecule has 0 saturated heterocycles. The number of benzene rings is 2. The maximum Gasteiger partial charge on any atom is 0.272 e. The first kappa shape index (κ1) is 22.3. The fourth-order valence-electron chi connectivity index (χ4n) is 3.41. The number of nitrogens with one attached hydrogen (secondary N) is 1. The zero-order valence-electron chi connectivity index (χ0n) is 17.5. The van der Waals surface area contributed by atoms with Crippen LogP contribution in [0.15, 0.2) is 47.5 Å². The summed E-state index contributed by atoms with van der Waals surface area (Å²) in [6.45, 7) is 6.12. The molecule has 5 nitrogen and oxygen atoms in total. The van der Waals surface area contributed by atoms with Crippen molar-refractivity contribution in [1.82, 2.24) is 5.32 Å². The molecule has 7 heteroatoms. The molecule has 0 aliphatic carbocycles. The van der Waals surface area contributed by atoms with Crippen LogP contribution in [0, 0.1) is 5.41 Å². The molecule has 1 heterocycles. The first-order valence-corrected chi connectivity index (χ1v) is 10.5. The third-order valence-corrected chi connectivity index (χ3v) is 5.57. The van der Waals surface area contributed by atoms with Crippen molar-refractivity contribution in [3.63, 3.8) is 0 Å². The van der Waals surface area contributed by atoms with E-state index in [0.29, 0.717) is 16.5 Å². The van der Waals surface area contributed by atoms with Gasteiger partial charge in [-0.3, -0.25) is 14.6 Å². The van der Waals surface area contributed by atoms with Crippen LogP contribution < -0.4 is 10.2 Å². The van der Waals surface area contributed by atoms with E-state index < -0.39 is 6.17 Å². The number of nitrogens with zero attached hydrogens (tertiary/aromatic N) is 2. The SMILES string of the molecule is CN1C(=O)C(NC(=O)CCc2ccc(Cl)cc2Cl)N=C(C(C)(C)C)c2ccccc21. The molecule has 0 bridgehead atoms. The number of fused-ring (bicyclic) bond motifs is 1. The molecule has 1 N–H and O–H groups in total. The summed E-state index contributed by atoms with van der Waals surface area (Å²) in [6, 6.07) is 12.8. The van der Waals surface area contributed by atoms with Gasteiger partial charge in [-0.1, -0.05) is 68.2 Å². The molecule has 0 spiro atoms. The van der Waals surface area contributed by atoms with Crippen LogP contribution in [0.4, 0.5) is 5.69 Å². The Morgan fingerprint density at radius 3 is 2.53 bits per heavy atom. The Bertz CT molecular complexity index is 1010. The first-order chi connectivity index (χ1) is 14.1. The van der Waals surface area contributed by atoms with E-state index in [-0.39, 0.29) is 23.7 Å². The minimum absolute atomic E-state index is 0.183. The van der Waals surface area contributed by atoms with Crippen molar-refractivity contribution in [2.45, 2.75) is 39.8 Å². The van der Waals surface area contributed by atoms with Crippen LogP contribution in [0.25, 0.3) is 0 Å². The Hall–Kier alpha value is -2.37. The Morgan fingerprint density at radius 2 is 1.87 bits per heavy atom. The first-order valence-electron chi connectivity index (χ1n) is 9.76. The molecule has 1 unspecified atom stereocenters. The molecule has 2 amide bonds. The number of halogens is 2. The summed E-state index contributed by atoms with van der Waals surface area (Å²) in [4.78, 5) is 31.9. The lowest BCUT2D eigenvalue weighted by Gasteiger charge is -2.23. The lowest BCUT2D eigenvalue weighted by molar-refractivity contribution is -0.127. The van der Waals surface area contributed by atoms with E-state index >= 15 is 0 Å². The van der Waals surface area contributed by atoms with Crippen LogP contribution >= 0.6 is 23.2 Å². The molecule has 1 atom stereocenters. The maximum absolute atomic E-state index is 13.1. The maximum atomic E-state index is 13.1. The van der Waals surface area contributed by atoms with Gasteiger partial charge in [-0.25, -0.2) is 0 Å². The van der Waals surface area contributed by atoms with Gasteiger partial charge >= 0.3 is 0 Å². The monoisotopic (exact) mass is 445 g/mol. The average Bonchev–Trinajstić information content (AvgIpc) is 2.78. The van der Waals surface area contributed by atoms with Crippen LogP contribution in [0.1, 0.15) is 38.3 Å². The Morgan fingerprint density at radius 1 is 1.17 bits per heavy atom. The number of aliphatic imine (C=N–C) groups is 1. The summed E-state index contributed by atoms with van der Waals surface area (Å²) in [5, 5.41) is 3.85. The average molecular weight is 446 g/mol. The zero-order chi connectivity index (χ0) is 22.1. The lowest BCUT2D eigenvalue weighted by Crippen LogP contribution is -2.46. The number of likely N-dealkylation sites (N-methyl/N-ethyl adjacent to an activating group) is 1. The number of hydrogen-bond acceptors (Lipinski definition) is 3. The van der Waals surface area contributed by atoms with Crippen LogP contribution in [-0.4, -0.2) is 30.7 Å². The van der Waals surface area contributed by atoms with Gasteiger partial charge in [0.15, 0.2) is 0 Å². The number of anilines is 1. The largest absolute Gasteiger partial charge is 0.327 e. The van der Waals surface area contributed by atoms with E-state index in [1.807, 2.05) is 45.0 Å². The second-order valence-electron chi connectivity index (χ2n) is 8.35. The summed E-state index contributed by atoms with van der Waals surface area (Å²) in [6.07, 6.45) is -0.360. The summed E-state index contributed by atoms with van der Waals surface area (Å²) < 4.78 is 0. The molecular weight excluding hydrogens is 421 g/mol. The predicted octanol–water partition coefficient (Wildman–Crippen LogP) is 4.88. The number of carbonyl (C=O) groups is 2. The molecule has 0 saturated carbocycles. The molecule has 1 aliphatic heterocycles. The normalized spacial score (nSPS) is 16.6. The van der Waals surface area contributed by atoms with Crippen molar-refractivity contribution in [2.24, 2.45) is 10.4 Å². The van der Waals surface area contributed by atoms with Crippen molar-refractivity contribution in [2.75, 3.05) is 11.9 Å². The number of para-hydroxylation sites is 1. The summed E-state index contributed by atoms with van der Waals surface area (Å²) in [5.41, 5.74) is 2.97. The van der Waals surface area contributed by atoms with E-state index in [9.17, 15) is 9.59 Å². The van der Waals surface area contributed by atoms with Crippen molar-refractivity contribution < 1.29 is 9.59 Å². The molecule has 1 aliphatic rings. The number of hydrogen-bond donors (Lipinski definition) is 1. The number of carbonyl (C=O) groups excluding carboxylic acids is 2. The second kappa shape index (κ2) is 8.78. The number of amides is 2. The zero-order valence-corrected chi connectivity index (χ0v) is 19.0. The van der Waals surface area contributed by atoms with E-state index in [2.05, 4.69) is 5.32 Å². The van der Waals surface area contributed by atoms with Gasteiger partial charge in [-0.05, 0) is 30.2 Å². The second-order valence-corrected chi connectivity index (χ2v) is 9.19. The minimum Gasteiger partial charge on any atom is -0.327 e. The highest BCUT2D eigenvalue weighted by Crippen LogP contribution is 2.31. The van der Waals surface area contributed by atoms with Gasteiger partial charge in [0.1, 0.15) is 0 Å². The highest BCUT2D eigenvalue weighted by Gasteiger charge is 2.34. The standard InChI is InChI=1S/C23H25Cl2N3O2/c1-23(2,3)20-16-7-5-6-8-18(16)28(4)22(30)21(27-20)26-19(29)12-10-14-9-11-15(24)13-17(14)25/h5-9,11,13,21H,10,12H2,1-4H3,(H,26,29). The highest BCUT2D eigenvalue weighted by molar-refractivity contribution is 6.35. The van der Waals surface area contributed by atoms with Crippen molar-refractivity contribution in [1.29, 1.82) is 0 Å². The van der Waals surface area contributed by atoms with Crippen molar-refractivity contribution >= 4 is 46.4 Å². The topological polar surface area (TPSA) is 61.8 Å². The molecule has 30 heavy (non-hydrogen) atoms. The van der Waals surface area contributed by atoms with Gasteiger partial charge in [0.05, 0.1) is 11.4 Å². The highest BCUT2D eigenvalue weighted by atomic mass is 35.5. The van der Waals surface area contributed by atoms with Crippen LogP contribution in [0.2, 0.25) is 10.0 Å². The van der Waals surface area contributed by atoms with E-state index in [1.54, 1.807) is 30.1 Å². The van der Waals surface area contributed by atoms with Crippen LogP contribution in [-0.2, 0) is 16.0 Å². The number of rotatable bonds is 4.